The summed E-state index contributed by atoms with van der Waals surface area (Å²) in [6.45, 7) is -0.0179. The van der Waals surface area contributed by atoms with Gasteiger partial charge >= 0.3 is 57.4 Å². The number of nitrogens with one attached hydrogen (secondary N) is 1. The molecule has 8 nitrogen and oxygen atoms in total. The molecule has 3 rings (SSSR count). The van der Waals surface area contributed by atoms with Crippen molar-refractivity contribution >= 4 is 12.0 Å². The third-order valence-corrected chi connectivity index (χ3v) is 4.85. The van der Waals surface area contributed by atoms with Crippen molar-refractivity contribution in [2.24, 2.45) is 0 Å². The Balaban J connectivity index is 0.00000243. The zero-order valence-electron chi connectivity index (χ0n) is 15.2. The van der Waals surface area contributed by atoms with E-state index in [1.165, 1.54) is 0 Å². The number of carboxylic acids is 1. The van der Waals surface area contributed by atoms with E-state index in [0.29, 0.717) is 24.3 Å². The standard InChI is InChI=1S/C17H22N2O6.K/c1-24-14-6-4-10-11(15(14)25-2)3-5-12(10)18-17(23)19-8-9(20)7-13(19)16(21)22;/h4,6,9,12-13,20H,3,5,7-8H2,1-2H3,(H,18,23)(H,21,22);/q;+1/p-1/t9-,12?,13-;/m1./s1. The summed E-state index contributed by atoms with van der Waals surface area (Å²) in [7, 11) is 3.14. The van der Waals surface area contributed by atoms with E-state index in [4.69, 9.17) is 9.47 Å². The van der Waals surface area contributed by atoms with Gasteiger partial charge in [-0.25, -0.2) is 4.79 Å². The molecule has 2 N–H and O–H groups in total. The summed E-state index contributed by atoms with van der Waals surface area (Å²) in [6.07, 6.45) is 0.528. The summed E-state index contributed by atoms with van der Waals surface area (Å²) < 4.78 is 10.7. The topological polar surface area (TPSA) is 111 Å². The summed E-state index contributed by atoms with van der Waals surface area (Å²) >= 11 is 0. The summed E-state index contributed by atoms with van der Waals surface area (Å²) in [5.74, 6) is -0.0706. The summed E-state index contributed by atoms with van der Waals surface area (Å²) in [5.41, 5.74) is 1.90. The van der Waals surface area contributed by atoms with Gasteiger partial charge in [-0.2, -0.15) is 0 Å². The van der Waals surface area contributed by atoms with Gasteiger partial charge in [-0.3, -0.25) is 0 Å². The van der Waals surface area contributed by atoms with Gasteiger partial charge in [0.05, 0.1) is 38.4 Å². The number of fused-ring (bicyclic) bond motifs is 1. The molecule has 1 aliphatic heterocycles. The van der Waals surface area contributed by atoms with Gasteiger partial charge in [0.25, 0.3) is 0 Å². The Hall–Kier alpha value is -0.844. The summed E-state index contributed by atoms with van der Waals surface area (Å²) in [4.78, 5) is 24.8. The first kappa shape index (κ1) is 21.5. The summed E-state index contributed by atoms with van der Waals surface area (Å²) in [6, 6.07) is 1.79. The van der Waals surface area contributed by atoms with Crippen LogP contribution in [0.4, 0.5) is 4.79 Å². The Labute approximate surface area is 194 Å². The van der Waals surface area contributed by atoms with Crippen molar-refractivity contribution in [3.05, 3.63) is 23.3 Å². The first-order valence-electron chi connectivity index (χ1n) is 8.16. The minimum Gasteiger partial charge on any atom is -0.548 e. The largest absolute Gasteiger partial charge is 1.00 e. The van der Waals surface area contributed by atoms with Crippen molar-refractivity contribution in [1.82, 2.24) is 10.2 Å². The molecule has 0 aromatic heterocycles. The van der Waals surface area contributed by atoms with E-state index in [1.54, 1.807) is 20.3 Å². The quantitative estimate of drug-likeness (QED) is 0.520. The SMILES string of the molecule is COc1ccc2c(c1OC)CCC2NC(=O)N1C[C@H](O)C[C@@H]1C(=O)[O-].[K+]. The van der Waals surface area contributed by atoms with E-state index < -0.39 is 24.1 Å². The molecule has 136 valence electrons. The van der Waals surface area contributed by atoms with Crippen LogP contribution in [-0.4, -0.2) is 54.9 Å². The minimum atomic E-state index is -1.36. The number of ether oxygens (including phenoxy) is 2. The van der Waals surface area contributed by atoms with Crippen LogP contribution < -0.4 is 71.3 Å². The van der Waals surface area contributed by atoms with Gasteiger partial charge in [-0.05, 0) is 24.5 Å². The number of likely N-dealkylation sites (tertiary alicyclic amines) is 1. The van der Waals surface area contributed by atoms with E-state index in [9.17, 15) is 19.8 Å². The van der Waals surface area contributed by atoms with E-state index in [1.807, 2.05) is 6.07 Å². The fourth-order valence-corrected chi connectivity index (χ4v) is 3.68. The molecule has 0 saturated carbocycles. The number of β-amino-alcohol motifs (C(OH)–C–C–N with tert-alkyl or cyclic N) is 1. The molecule has 1 aromatic rings. The maximum Gasteiger partial charge on any atom is 1.00 e. The van der Waals surface area contributed by atoms with Crippen LogP contribution in [0.2, 0.25) is 0 Å². The molecular weight excluding hydrogens is 367 g/mol. The molecule has 26 heavy (non-hydrogen) atoms. The molecular formula is C17H21KN2O6. The number of aliphatic carboxylic acids is 1. The molecule has 2 aliphatic rings. The van der Waals surface area contributed by atoms with Crippen molar-refractivity contribution in [1.29, 1.82) is 0 Å². The fourth-order valence-electron chi connectivity index (χ4n) is 3.68. The van der Waals surface area contributed by atoms with Gasteiger partial charge in [-0.1, -0.05) is 6.07 Å². The van der Waals surface area contributed by atoms with Crippen LogP contribution in [0.25, 0.3) is 0 Å². The number of hydrogen-bond donors (Lipinski definition) is 2. The number of nitrogens with zero attached hydrogens (tertiary/aromatic N) is 1. The maximum absolute atomic E-state index is 12.5. The number of aliphatic hydroxyl groups excluding tert-OH is 1. The Morgan fingerprint density at radius 3 is 2.65 bits per heavy atom. The Morgan fingerprint density at radius 2 is 2.04 bits per heavy atom. The fraction of sp³-hybridized carbons (Fsp3) is 0.529. The Morgan fingerprint density at radius 1 is 1.31 bits per heavy atom. The first-order chi connectivity index (χ1) is 12.0. The number of rotatable bonds is 4. The van der Waals surface area contributed by atoms with E-state index >= 15 is 0 Å². The van der Waals surface area contributed by atoms with Crippen LogP contribution in [0, 0.1) is 0 Å². The molecule has 0 spiro atoms. The molecule has 2 amide bonds. The monoisotopic (exact) mass is 388 g/mol. The summed E-state index contributed by atoms with van der Waals surface area (Å²) in [5, 5.41) is 23.7. The normalized spacial score (nSPS) is 23.8. The molecule has 1 saturated heterocycles. The second-order valence-electron chi connectivity index (χ2n) is 6.29. The van der Waals surface area contributed by atoms with Gasteiger partial charge in [0.15, 0.2) is 11.5 Å². The average Bonchev–Trinajstić information content (AvgIpc) is 3.17. The molecule has 3 atom stereocenters. The predicted molar refractivity (Wildman–Crippen MR) is 85.3 cm³/mol. The number of methoxy groups -OCH3 is 2. The zero-order chi connectivity index (χ0) is 18.1. The van der Waals surface area contributed by atoms with Crippen molar-refractivity contribution in [2.75, 3.05) is 20.8 Å². The second kappa shape index (κ2) is 8.90. The van der Waals surface area contributed by atoms with E-state index in [2.05, 4.69) is 5.32 Å². The van der Waals surface area contributed by atoms with Crippen LogP contribution in [0.15, 0.2) is 12.1 Å². The van der Waals surface area contributed by atoms with Gasteiger partial charge in [0.2, 0.25) is 0 Å². The Bertz CT molecular complexity index is 698. The number of carbonyl (C=O) groups excluding carboxylic acids is 2. The number of benzene rings is 1. The van der Waals surface area contributed by atoms with Gasteiger partial charge < -0.3 is 34.7 Å². The second-order valence-corrected chi connectivity index (χ2v) is 6.29. The maximum atomic E-state index is 12.5. The number of amides is 2. The molecule has 9 heteroatoms. The number of carboxylic acid groups (broad SMARTS) is 1. The van der Waals surface area contributed by atoms with E-state index in [0.717, 1.165) is 16.0 Å². The van der Waals surface area contributed by atoms with Gasteiger partial charge in [-0.15, -0.1) is 0 Å². The molecule has 1 fully saturated rings. The molecule has 0 bridgehead atoms. The zero-order valence-corrected chi connectivity index (χ0v) is 18.3. The van der Waals surface area contributed by atoms with Crippen LogP contribution in [-0.2, 0) is 11.2 Å². The van der Waals surface area contributed by atoms with Crippen LogP contribution in [0.3, 0.4) is 0 Å². The van der Waals surface area contributed by atoms with Crippen molar-refractivity contribution in [3.8, 4) is 11.5 Å². The van der Waals surface area contributed by atoms with Gasteiger partial charge in [0.1, 0.15) is 0 Å². The molecule has 1 aromatic carbocycles. The minimum absolute atomic E-state index is 0. The van der Waals surface area contributed by atoms with Crippen LogP contribution in [0.1, 0.15) is 30.0 Å². The first-order valence-corrected chi connectivity index (χ1v) is 8.16. The molecule has 0 radical (unpaired) electrons. The van der Waals surface area contributed by atoms with Crippen molar-refractivity contribution in [3.63, 3.8) is 0 Å². The number of urea groups is 1. The number of hydrogen-bond acceptors (Lipinski definition) is 6. The van der Waals surface area contributed by atoms with Crippen LogP contribution in [0.5, 0.6) is 11.5 Å². The predicted octanol–water partition coefficient (Wildman–Crippen LogP) is -3.41. The molecule has 1 heterocycles. The third kappa shape index (κ3) is 4.02. The average molecular weight is 388 g/mol. The van der Waals surface area contributed by atoms with E-state index in [-0.39, 0.29) is 70.4 Å². The van der Waals surface area contributed by atoms with Crippen LogP contribution >= 0.6 is 0 Å². The molecule has 1 unspecified atom stereocenters. The smallest absolute Gasteiger partial charge is 0.548 e. The number of aliphatic hydroxyl groups is 1. The van der Waals surface area contributed by atoms with Gasteiger partial charge in [0, 0.05) is 18.5 Å². The Kier molecular flexibility index (Phi) is 7.34. The molecule has 1 aliphatic carbocycles. The van der Waals surface area contributed by atoms with Crippen molar-refractivity contribution in [2.45, 2.75) is 37.5 Å². The third-order valence-electron chi connectivity index (χ3n) is 4.85. The number of carbonyl (C=O) groups is 2. The van der Waals surface area contributed by atoms with Crippen molar-refractivity contribution < 1.29 is 80.7 Å².